The van der Waals surface area contributed by atoms with Crippen molar-refractivity contribution in [1.82, 2.24) is 4.98 Å². The van der Waals surface area contributed by atoms with Gasteiger partial charge < -0.3 is 4.74 Å². The molecule has 1 heterocycles. The van der Waals surface area contributed by atoms with E-state index in [0.29, 0.717) is 6.61 Å². The summed E-state index contributed by atoms with van der Waals surface area (Å²) >= 11 is 0. The lowest BCUT2D eigenvalue weighted by molar-refractivity contribution is 0.325. The van der Waals surface area contributed by atoms with Gasteiger partial charge >= 0.3 is 0 Å². The first-order chi connectivity index (χ1) is 5.75. The van der Waals surface area contributed by atoms with Gasteiger partial charge in [-0.3, -0.25) is 10.4 Å². The van der Waals surface area contributed by atoms with Crippen LogP contribution in [0.3, 0.4) is 0 Å². The Morgan fingerprint density at radius 2 is 2.42 bits per heavy atom. The van der Waals surface area contributed by atoms with Crippen LogP contribution in [0, 0.1) is 12.3 Å². The highest BCUT2D eigenvalue weighted by Crippen LogP contribution is 2.05. The number of pyridine rings is 1. The SMILES string of the molecule is CCOC(=N)c1cnccc1C. The summed E-state index contributed by atoms with van der Waals surface area (Å²) in [7, 11) is 0. The molecule has 0 aromatic carbocycles. The molecule has 0 unspecified atom stereocenters. The molecule has 0 aliphatic carbocycles. The van der Waals surface area contributed by atoms with Crippen molar-refractivity contribution in [2.45, 2.75) is 13.8 Å². The van der Waals surface area contributed by atoms with Crippen LogP contribution in [0.2, 0.25) is 0 Å². The van der Waals surface area contributed by atoms with E-state index in [9.17, 15) is 0 Å². The van der Waals surface area contributed by atoms with Crippen LogP contribution < -0.4 is 0 Å². The topological polar surface area (TPSA) is 46.0 Å². The van der Waals surface area contributed by atoms with Gasteiger partial charge in [-0.25, -0.2) is 0 Å². The fraction of sp³-hybridized carbons (Fsp3) is 0.333. The van der Waals surface area contributed by atoms with E-state index in [1.165, 1.54) is 0 Å². The minimum absolute atomic E-state index is 0.197. The van der Waals surface area contributed by atoms with Crippen LogP contribution >= 0.6 is 0 Å². The smallest absolute Gasteiger partial charge is 0.215 e. The largest absolute Gasteiger partial charge is 0.478 e. The molecule has 3 nitrogen and oxygen atoms in total. The van der Waals surface area contributed by atoms with Crippen molar-refractivity contribution in [3.63, 3.8) is 0 Å². The van der Waals surface area contributed by atoms with Crippen molar-refractivity contribution in [1.29, 1.82) is 5.41 Å². The third kappa shape index (κ3) is 1.81. The van der Waals surface area contributed by atoms with Gasteiger partial charge in [0.1, 0.15) is 0 Å². The normalized spacial score (nSPS) is 9.50. The van der Waals surface area contributed by atoms with Gasteiger partial charge in [0.25, 0.3) is 0 Å². The number of ether oxygens (including phenoxy) is 1. The molecule has 0 amide bonds. The average molecular weight is 164 g/mol. The van der Waals surface area contributed by atoms with Crippen LogP contribution in [0.5, 0.6) is 0 Å². The first-order valence-electron chi connectivity index (χ1n) is 3.88. The molecule has 0 bridgehead atoms. The zero-order valence-electron chi connectivity index (χ0n) is 7.29. The maximum atomic E-state index is 7.51. The van der Waals surface area contributed by atoms with E-state index in [4.69, 9.17) is 10.1 Å². The van der Waals surface area contributed by atoms with E-state index in [1.54, 1.807) is 12.4 Å². The Labute approximate surface area is 71.9 Å². The van der Waals surface area contributed by atoms with Gasteiger partial charge in [0.05, 0.1) is 12.2 Å². The van der Waals surface area contributed by atoms with Crippen LogP contribution in [0.1, 0.15) is 18.1 Å². The molecule has 0 saturated heterocycles. The maximum Gasteiger partial charge on any atom is 0.215 e. The summed E-state index contributed by atoms with van der Waals surface area (Å²) < 4.78 is 5.05. The number of hydrogen-bond donors (Lipinski definition) is 1. The molecule has 1 aromatic heterocycles. The summed E-state index contributed by atoms with van der Waals surface area (Å²) in [5, 5.41) is 7.51. The Morgan fingerprint density at radius 3 is 3.00 bits per heavy atom. The zero-order valence-corrected chi connectivity index (χ0v) is 7.29. The second-order valence-corrected chi connectivity index (χ2v) is 2.45. The molecule has 3 heteroatoms. The quantitative estimate of drug-likeness (QED) is 0.534. The van der Waals surface area contributed by atoms with Gasteiger partial charge in [-0.15, -0.1) is 0 Å². The average Bonchev–Trinajstić information content (AvgIpc) is 2.05. The Hall–Kier alpha value is -1.38. The Bertz CT molecular complexity index is 284. The minimum atomic E-state index is 0.197. The predicted molar refractivity (Wildman–Crippen MR) is 47.4 cm³/mol. The summed E-state index contributed by atoms with van der Waals surface area (Å²) in [6, 6.07) is 1.86. The molecule has 64 valence electrons. The van der Waals surface area contributed by atoms with Crippen LogP contribution in [0.25, 0.3) is 0 Å². The van der Waals surface area contributed by atoms with Crippen molar-refractivity contribution in [3.8, 4) is 0 Å². The molecule has 1 rings (SSSR count). The number of aromatic nitrogens is 1. The van der Waals surface area contributed by atoms with E-state index in [2.05, 4.69) is 4.98 Å². The van der Waals surface area contributed by atoms with E-state index < -0.39 is 0 Å². The Balaban J connectivity index is 2.87. The highest BCUT2D eigenvalue weighted by atomic mass is 16.5. The molecule has 0 fully saturated rings. The highest BCUT2D eigenvalue weighted by molar-refractivity contribution is 5.92. The summed E-state index contributed by atoms with van der Waals surface area (Å²) in [6.45, 7) is 4.32. The number of nitrogens with zero attached hydrogens (tertiary/aromatic N) is 1. The van der Waals surface area contributed by atoms with Gasteiger partial charge in [-0.2, -0.15) is 0 Å². The van der Waals surface area contributed by atoms with E-state index >= 15 is 0 Å². The third-order valence-corrected chi connectivity index (χ3v) is 1.57. The molecule has 0 saturated carbocycles. The van der Waals surface area contributed by atoms with E-state index in [1.807, 2.05) is 19.9 Å². The third-order valence-electron chi connectivity index (χ3n) is 1.57. The maximum absolute atomic E-state index is 7.51. The molecular weight excluding hydrogens is 152 g/mol. The fourth-order valence-corrected chi connectivity index (χ4v) is 0.924. The highest BCUT2D eigenvalue weighted by Gasteiger charge is 2.04. The fourth-order valence-electron chi connectivity index (χ4n) is 0.924. The molecule has 0 radical (unpaired) electrons. The van der Waals surface area contributed by atoms with Crippen molar-refractivity contribution in [2.75, 3.05) is 6.61 Å². The van der Waals surface area contributed by atoms with Crippen LogP contribution in [0.4, 0.5) is 0 Å². The number of rotatable bonds is 2. The molecule has 0 spiro atoms. The first kappa shape index (κ1) is 8.71. The van der Waals surface area contributed by atoms with Gasteiger partial charge in [-0.05, 0) is 25.5 Å². The van der Waals surface area contributed by atoms with Crippen LogP contribution in [0.15, 0.2) is 18.5 Å². The number of aryl methyl sites for hydroxylation is 1. The molecule has 12 heavy (non-hydrogen) atoms. The van der Waals surface area contributed by atoms with Gasteiger partial charge in [0.2, 0.25) is 5.90 Å². The molecule has 1 N–H and O–H groups in total. The molecule has 0 aliphatic rings. The Morgan fingerprint density at radius 1 is 1.67 bits per heavy atom. The second-order valence-electron chi connectivity index (χ2n) is 2.45. The zero-order chi connectivity index (χ0) is 8.97. The van der Waals surface area contributed by atoms with Crippen molar-refractivity contribution in [3.05, 3.63) is 29.6 Å². The molecule has 1 aromatic rings. The van der Waals surface area contributed by atoms with Crippen molar-refractivity contribution >= 4 is 5.90 Å². The molecule has 0 atom stereocenters. The van der Waals surface area contributed by atoms with Gasteiger partial charge in [-0.1, -0.05) is 0 Å². The molecule has 0 aliphatic heterocycles. The standard InChI is InChI=1S/C9H12N2O/c1-3-12-9(10)8-6-11-5-4-7(8)2/h4-6,10H,3H2,1-2H3. The lowest BCUT2D eigenvalue weighted by atomic mass is 10.2. The summed E-state index contributed by atoms with van der Waals surface area (Å²) in [4.78, 5) is 3.93. The van der Waals surface area contributed by atoms with Gasteiger partial charge in [0.15, 0.2) is 0 Å². The lowest BCUT2D eigenvalue weighted by Gasteiger charge is -2.06. The number of hydrogen-bond acceptors (Lipinski definition) is 3. The minimum Gasteiger partial charge on any atom is -0.478 e. The second kappa shape index (κ2) is 3.85. The van der Waals surface area contributed by atoms with E-state index in [-0.39, 0.29) is 5.90 Å². The monoisotopic (exact) mass is 164 g/mol. The summed E-state index contributed by atoms with van der Waals surface area (Å²) in [5.41, 5.74) is 1.78. The Kier molecular flexibility index (Phi) is 2.80. The van der Waals surface area contributed by atoms with Crippen LogP contribution in [-0.4, -0.2) is 17.5 Å². The van der Waals surface area contributed by atoms with Crippen molar-refractivity contribution in [2.24, 2.45) is 0 Å². The van der Waals surface area contributed by atoms with Gasteiger partial charge in [0, 0.05) is 12.4 Å². The van der Waals surface area contributed by atoms with Crippen LogP contribution in [-0.2, 0) is 4.74 Å². The lowest BCUT2D eigenvalue weighted by Crippen LogP contribution is -2.06. The predicted octanol–water partition coefficient (Wildman–Crippen LogP) is 1.75. The first-order valence-corrected chi connectivity index (χ1v) is 3.88. The summed E-state index contributed by atoms with van der Waals surface area (Å²) in [6.07, 6.45) is 3.35. The molecular formula is C9H12N2O. The van der Waals surface area contributed by atoms with Crippen molar-refractivity contribution < 1.29 is 4.74 Å². The number of nitrogens with one attached hydrogen (secondary N) is 1. The summed E-state index contributed by atoms with van der Waals surface area (Å²) in [5.74, 6) is 0.197. The van der Waals surface area contributed by atoms with E-state index in [0.717, 1.165) is 11.1 Å².